The third-order valence-electron chi connectivity index (χ3n) is 2.83. The summed E-state index contributed by atoms with van der Waals surface area (Å²) in [6, 6.07) is 6.18. The topological polar surface area (TPSA) is 119 Å². The maximum Gasteiger partial charge on any atom is 0.316 e. The minimum absolute atomic E-state index is 0.122. The van der Waals surface area contributed by atoms with Gasteiger partial charge in [0.25, 0.3) is 5.91 Å². The summed E-state index contributed by atoms with van der Waals surface area (Å²) in [5.41, 5.74) is 11.9. The Morgan fingerprint density at radius 2 is 1.90 bits per heavy atom. The number of nitrogens with one attached hydrogen (secondary N) is 2. The summed E-state index contributed by atoms with van der Waals surface area (Å²) in [5.74, 6) is -0.262. The van der Waals surface area contributed by atoms with E-state index in [2.05, 4.69) is 10.6 Å². The summed E-state index contributed by atoms with van der Waals surface area (Å²) in [4.78, 5) is 22.5. The fourth-order valence-electron chi connectivity index (χ4n) is 1.70. The van der Waals surface area contributed by atoms with Crippen LogP contribution < -0.4 is 22.1 Å². The van der Waals surface area contributed by atoms with Crippen molar-refractivity contribution in [2.45, 2.75) is 19.1 Å². The quantitative estimate of drug-likeness (QED) is 0.600. The molecule has 7 nitrogen and oxygen atoms in total. The van der Waals surface area contributed by atoms with Crippen molar-refractivity contribution >= 4 is 17.6 Å². The van der Waals surface area contributed by atoms with Crippen LogP contribution in [0.15, 0.2) is 24.3 Å². The second-order valence-corrected chi connectivity index (χ2v) is 4.30. The fourth-order valence-corrected chi connectivity index (χ4v) is 1.70. The Morgan fingerprint density at radius 1 is 1.30 bits per heavy atom. The van der Waals surface area contributed by atoms with Crippen LogP contribution in [0.2, 0.25) is 0 Å². The number of anilines is 1. The number of nitrogens with two attached hydrogens (primary N) is 2. The molecule has 1 aromatic carbocycles. The molecule has 2 unspecified atom stereocenters. The molecule has 6 N–H and O–H groups in total. The first kappa shape index (κ1) is 15.9. The number of ether oxygens (including phenoxy) is 1. The van der Waals surface area contributed by atoms with E-state index in [1.807, 2.05) is 6.92 Å². The Balaban J connectivity index is 2.65. The van der Waals surface area contributed by atoms with Crippen molar-refractivity contribution in [3.05, 3.63) is 29.8 Å². The number of primary amides is 1. The normalized spacial score (nSPS) is 13.3. The Morgan fingerprint density at radius 3 is 2.35 bits per heavy atom. The van der Waals surface area contributed by atoms with Crippen LogP contribution in [0.4, 0.5) is 10.5 Å². The highest BCUT2D eigenvalue weighted by Gasteiger charge is 2.18. The predicted molar refractivity (Wildman–Crippen MR) is 76.1 cm³/mol. The molecule has 110 valence electrons. The van der Waals surface area contributed by atoms with E-state index < -0.39 is 12.1 Å². The molecular weight excluding hydrogens is 260 g/mol. The van der Waals surface area contributed by atoms with Crippen molar-refractivity contribution < 1.29 is 14.3 Å². The molecule has 2 atom stereocenters. The molecule has 0 spiro atoms. The monoisotopic (exact) mass is 280 g/mol. The summed E-state index contributed by atoms with van der Waals surface area (Å²) in [6.45, 7) is 1.97. The standard InChI is InChI=1S/C13H20N4O3/c1-8(16-12(18)11(7-14)20-2)9-3-5-10(6-4-9)17-13(15)19/h3-6,8,11H,7,14H2,1-2H3,(H,16,18)(H3,15,17,19). The molecule has 20 heavy (non-hydrogen) atoms. The Labute approximate surface area is 117 Å². The first-order valence-corrected chi connectivity index (χ1v) is 6.17. The Kier molecular flexibility index (Phi) is 5.95. The molecule has 0 aliphatic rings. The van der Waals surface area contributed by atoms with E-state index >= 15 is 0 Å². The van der Waals surface area contributed by atoms with Crippen molar-refractivity contribution in [3.8, 4) is 0 Å². The number of hydrogen-bond acceptors (Lipinski definition) is 4. The van der Waals surface area contributed by atoms with Gasteiger partial charge in [-0.3, -0.25) is 4.79 Å². The smallest absolute Gasteiger partial charge is 0.316 e. The number of hydrogen-bond donors (Lipinski definition) is 4. The van der Waals surface area contributed by atoms with E-state index in [-0.39, 0.29) is 18.5 Å². The fraction of sp³-hybridized carbons (Fsp3) is 0.385. The van der Waals surface area contributed by atoms with Gasteiger partial charge in [-0.15, -0.1) is 0 Å². The van der Waals surface area contributed by atoms with Crippen molar-refractivity contribution in [2.24, 2.45) is 11.5 Å². The molecule has 0 saturated carbocycles. The van der Waals surface area contributed by atoms with Crippen LogP contribution in [0, 0.1) is 0 Å². The number of methoxy groups -OCH3 is 1. The minimum Gasteiger partial charge on any atom is -0.370 e. The maximum atomic E-state index is 11.8. The molecule has 0 saturated heterocycles. The Bertz CT molecular complexity index is 457. The first-order valence-electron chi connectivity index (χ1n) is 6.17. The molecule has 0 heterocycles. The van der Waals surface area contributed by atoms with E-state index in [0.717, 1.165) is 5.56 Å². The molecule has 0 bridgehead atoms. The predicted octanol–water partition coefficient (Wildman–Crippen LogP) is 0.328. The zero-order valence-electron chi connectivity index (χ0n) is 11.6. The van der Waals surface area contributed by atoms with E-state index in [9.17, 15) is 9.59 Å². The third kappa shape index (κ3) is 4.52. The average molecular weight is 280 g/mol. The summed E-state index contributed by atoms with van der Waals surface area (Å²) in [5, 5.41) is 5.27. The van der Waals surface area contributed by atoms with Gasteiger partial charge in [-0.05, 0) is 24.6 Å². The van der Waals surface area contributed by atoms with Gasteiger partial charge in [0.15, 0.2) is 0 Å². The highest BCUT2D eigenvalue weighted by molar-refractivity contribution is 5.87. The molecule has 0 aliphatic carbocycles. The molecule has 7 heteroatoms. The molecule has 3 amide bonds. The average Bonchev–Trinajstić information content (AvgIpc) is 2.40. The summed E-state index contributed by atoms with van der Waals surface area (Å²) in [6.07, 6.45) is -0.659. The molecular formula is C13H20N4O3. The van der Waals surface area contributed by atoms with Crippen LogP contribution in [0.25, 0.3) is 0 Å². The van der Waals surface area contributed by atoms with Crippen LogP contribution in [-0.4, -0.2) is 31.7 Å². The van der Waals surface area contributed by atoms with Crippen LogP contribution in [-0.2, 0) is 9.53 Å². The number of carbonyl (C=O) groups is 2. The lowest BCUT2D eigenvalue weighted by Gasteiger charge is -2.18. The maximum absolute atomic E-state index is 11.8. The highest BCUT2D eigenvalue weighted by Crippen LogP contribution is 2.16. The van der Waals surface area contributed by atoms with Crippen molar-refractivity contribution in [1.29, 1.82) is 0 Å². The lowest BCUT2D eigenvalue weighted by Crippen LogP contribution is -2.41. The Hall–Kier alpha value is -2.12. The van der Waals surface area contributed by atoms with E-state index in [4.69, 9.17) is 16.2 Å². The van der Waals surface area contributed by atoms with Gasteiger partial charge in [0.1, 0.15) is 6.10 Å². The van der Waals surface area contributed by atoms with Crippen LogP contribution >= 0.6 is 0 Å². The number of rotatable bonds is 6. The number of benzene rings is 1. The van der Waals surface area contributed by atoms with E-state index in [1.165, 1.54) is 7.11 Å². The van der Waals surface area contributed by atoms with Gasteiger partial charge in [0.2, 0.25) is 0 Å². The molecule has 0 radical (unpaired) electrons. The second-order valence-electron chi connectivity index (χ2n) is 4.30. The molecule has 0 fully saturated rings. The number of urea groups is 1. The highest BCUT2D eigenvalue weighted by atomic mass is 16.5. The lowest BCUT2D eigenvalue weighted by molar-refractivity contribution is -0.131. The van der Waals surface area contributed by atoms with Gasteiger partial charge in [-0.25, -0.2) is 4.79 Å². The van der Waals surface area contributed by atoms with Gasteiger partial charge < -0.3 is 26.8 Å². The minimum atomic E-state index is -0.659. The second kappa shape index (κ2) is 7.46. The zero-order valence-corrected chi connectivity index (χ0v) is 11.6. The van der Waals surface area contributed by atoms with Crippen LogP contribution in [0.5, 0.6) is 0 Å². The summed E-state index contributed by atoms with van der Waals surface area (Å²) in [7, 11) is 1.44. The van der Waals surface area contributed by atoms with E-state index in [0.29, 0.717) is 5.69 Å². The summed E-state index contributed by atoms with van der Waals surface area (Å²) >= 11 is 0. The van der Waals surface area contributed by atoms with Crippen molar-refractivity contribution in [2.75, 3.05) is 19.0 Å². The molecule has 0 aromatic heterocycles. The SMILES string of the molecule is COC(CN)C(=O)NC(C)c1ccc(NC(N)=O)cc1. The van der Waals surface area contributed by atoms with Gasteiger partial charge in [0.05, 0.1) is 6.04 Å². The summed E-state index contributed by atoms with van der Waals surface area (Å²) < 4.78 is 4.96. The van der Waals surface area contributed by atoms with Crippen LogP contribution in [0.1, 0.15) is 18.5 Å². The number of amides is 3. The van der Waals surface area contributed by atoms with Gasteiger partial charge in [-0.2, -0.15) is 0 Å². The van der Waals surface area contributed by atoms with Crippen molar-refractivity contribution in [1.82, 2.24) is 5.32 Å². The van der Waals surface area contributed by atoms with Crippen molar-refractivity contribution in [3.63, 3.8) is 0 Å². The van der Waals surface area contributed by atoms with E-state index in [1.54, 1.807) is 24.3 Å². The van der Waals surface area contributed by atoms with Gasteiger partial charge in [-0.1, -0.05) is 12.1 Å². The largest absolute Gasteiger partial charge is 0.370 e. The third-order valence-corrected chi connectivity index (χ3v) is 2.83. The number of carbonyl (C=O) groups excluding carboxylic acids is 2. The van der Waals surface area contributed by atoms with Crippen LogP contribution in [0.3, 0.4) is 0 Å². The molecule has 0 aliphatic heterocycles. The zero-order chi connectivity index (χ0) is 15.1. The lowest BCUT2D eigenvalue weighted by atomic mass is 10.1. The first-order chi connectivity index (χ1) is 9.47. The van der Waals surface area contributed by atoms with Gasteiger partial charge >= 0.3 is 6.03 Å². The van der Waals surface area contributed by atoms with Gasteiger partial charge in [0, 0.05) is 19.3 Å². The molecule has 1 aromatic rings. The molecule has 1 rings (SSSR count).